The van der Waals surface area contributed by atoms with Crippen molar-refractivity contribution in [3.8, 4) is 5.75 Å². The maximum Gasteiger partial charge on any atom is 0.261 e. The number of anilines is 1. The van der Waals surface area contributed by atoms with Gasteiger partial charge in [0, 0.05) is 17.3 Å². The van der Waals surface area contributed by atoms with Crippen molar-refractivity contribution in [3.63, 3.8) is 0 Å². The number of nitrogens with one attached hydrogen (secondary N) is 2. The number of hydrogen-bond acceptors (Lipinski definition) is 4. The average molecular weight is 463 g/mol. The van der Waals surface area contributed by atoms with E-state index in [0.29, 0.717) is 22.9 Å². The van der Waals surface area contributed by atoms with Crippen LogP contribution in [0, 0.1) is 12.7 Å². The van der Waals surface area contributed by atoms with Gasteiger partial charge in [0.05, 0.1) is 4.90 Å². The molecule has 3 aromatic rings. The van der Waals surface area contributed by atoms with Crippen molar-refractivity contribution in [2.45, 2.75) is 18.4 Å². The van der Waals surface area contributed by atoms with Crippen molar-refractivity contribution in [2.24, 2.45) is 0 Å². The van der Waals surface area contributed by atoms with Gasteiger partial charge >= 0.3 is 0 Å². The molecule has 0 radical (unpaired) electrons. The Morgan fingerprint density at radius 1 is 1.03 bits per heavy atom. The van der Waals surface area contributed by atoms with Gasteiger partial charge in [-0.3, -0.25) is 9.52 Å². The monoisotopic (exact) mass is 462 g/mol. The second kappa shape index (κ2) is 9.80. The predicted octanol–water partition coefficient (Wildman–Crippen LogP) is 4.28. The normalized spacial score (nSPS) is 11.1. The van der Waals surface area contributed by atoms with E-state index in [0.717, 1.165) is 17.7 Å². The molecule has 31 heavy (non-hydrogen) atoms. The van der Waals surface area contributed by atoms with Crippen LogP contribution in [0.2, 0.25) is 5.02 Å². The highest BCUT2D eigenvalue weighted by molar-refractivity contribution is 7.92. The number of amides is 1. The molecule has 0 heterocycles. The van der Waals surface area contributed by atoms with Gasteiger partial charge in [0.25, 0.3) is 15.9 Å². The lowest BCUT2D eigenvalue weighted by atomic mass is 10.2. The molecule has 0 aliphatic rings. The zero-order valence-corrected chi connectivity index (χ0v) is 18.1. The molecule has 0 fully saturated rings. The molecule has 3 aromatic carbocycles. The molecule has 0 spiro atoms. The number of sulfonamides is 1. The average Bonchev–Trinajstić information content (AvgIpc) is 2.74. The standard InChI is InChI=1S/C22H20ClFN2O4S/c1-15-12-20(31(28,29)26-19-8-6-18(24)7-9-19)10-11-21(15)30-14-22(27)25-13-16-2-4-17(23)5-3-16/h2-12,26H,13-14H2,1H3,(H,25,27). The zero-order chi connectivity index (χ0) is 22.4. The van der Waals surface area contributed by atoms with Gasteiger partial charge in [-0.05, 0) is 72.6 Å². The van der Waals surface area contributed by atoms with Gasteiger partial charge in [-0.15, -0.1) is 0 Å². The lowest BCUT2D eigenvalue weighted by Gasteiger charge is -2.12. The van der Waals surface area contributed by atoms with Gasteiger partial charge in [-0.25, -0.2) is 12.8 Å². The van der Waals surface area contributed by atoms with Crippen LogP contribution in [0.25, 0.3) is 0 Å². The fraction of sp³-hybridized carbons (Fsp3) is 0.136. The Balaban J connectivity index is 1.57. The molecule has 6 nitrogen and oxygen atoms in total. The summed E-state index contributed by atoms with van der Waals surface area (Å²) >= 11 is 5.83. The SMILES string of the molecule is Cc1cc(S(=O)(=O)Nc2ccc(F)cc2)ccc1OCC(=O)NCc1ccc(Cl)cc1. The van der Waals surface area contributed by atoms with Crippen LogP contribution in [0.15, 0.2) is 71.6 Å². The quantitative estimate of drug-likeness (QED) is 0.523. The van der Waals surface area contributed by atoms with E-state index in [-0.39, 0.29) is 23.1 Å². The topological polar surface area (TPSA) is 84.5 Å². The summed E-state index contributed by atoms with van der Waals surface area (Å²) < 4.78 is 46.0. The second-order valence-corrected chi connectivity index (χ2v) is 8.85. The molecule has 2 N–H and O–H groups in total. The minimum absolute atomic E-state index is 0.0221. The van der Waals surface area contributed by atoms with E-state index in [9.17, 15) is 17.6 Å². The van der Waals surface area contributed by atoms with Gasteiger partial charge in [-0.2, -0.15) is 0 Å². The molecule has 9 heteroatoms. The van der Waals surface area contributed by atoms with Crippen LogP contribution in [0.5, 0.6) is 5.75 Å². The minimum Gasteiger partial charge on any atom is -0.484 e. The number of rotatable bonds is 8. The molecule has 0 saturated carbocycles. The minimum atomic E-state index is -3.86. The van der Waals surface area contributed by atoms with Gasteiger partial charge in [0.15, 0.2) is 6.61 Å². The van der Waals surface area contributed by atoms with Gasteiger partial charge in [0.1, 0.15) is 11.6 Å². The largest absolute Gasteiger partial charge is 0.484 e. The second-order valence-electron chi connectivity index (χ2n) is 6.73. The summed E-state index contributed by atoms with van der Waals surface area (Å²) in [6.45, 7) is 1.80. The lowest BCUT2D eigenvalue weighted by Crippen LogP contribution is -2.28. The molecule has 0 unspecified atom stereocenters. The van der Waals surface area contributed by atoms with Gasteiger partial charge in [0.2, 0.25) is 0 Å². The van der Waals surface area contributed by atoms with Gasteiger partial charge in [-0.1, -0.05) is 23.7 Å². The summed E-state index contributed by atoms with van der Waals surface area (Å²) in [4.78, 5) is 12.0. The van der Waals surface area contributed by atoms with Crippen LogP contribution in [0.4, 0.5) is 10.1 Å². The van der Waals surface area contributed by atoms with E-state index in [1.807, 2.05) is 12.1 Å². The number of aryl methyl sites for hydroxylation is 1. The molecule has 0 saturated heterocycles. The molecule has 162 valence electrons. The van der Waals surface area contributed by atoms with Crippen LogP contribution in [0.1, 0.15) is 11.1 Å². The van der Waals surface area contributed by atoms with E-state index >= 15 is 0 Å². The van der Waals surface area contributed by atoms with E-state index in [4.69, 9.17) is 16.3 Å². The Hall–Kier alpha value is -3.10. The third-order valence-electron chi connectivity index (χ3n) is 4.31. The van der Waals surface area contributed by atoms with Crippen molar-refractivity contribution in [3.05, 3.63) is 88.7 Å². The maximum absolute atomic E-state index is 13.0. The Morgan fingerprint density at radius 2 is 1.71 bits per heavy atom. The van der Waals surface area contributed by atoms with E-state index < -0.39 is 15.8 Å². The van der Waals surface area contributed by atoms with Crippen LogP contribution in [-0.2, 0) is 21.4 Å². The molecular formula is C22H20ClFN2O4S. The summed E-state index contributed by atoms with van der Waals surface area (Å²) in [5, 5.41) is 3.35. The molecule has 1 amide bonds. The fourth-order valence-corrected chi connectivity index (χ4v) is 3.95. The number of carbonyl (C=O) groups excluding carboxylic acids is 1. The Morgan fingerprint density at radius 3 is 2.35 bits per heavy atom. The third kappa shape index (κ3) is 6.44. The summed E-state index contributed by atoms with van der Waals surface area (Å²) in [5.74, 6) is -0.385. The molecule has 0 atom stereocenters. The Bertz CT molecular complexity index is 1170. The van der Waals surface area contributed by atoms with Crippen molar-refractivity contribution < 1.29 is 22.3 Å². The summed E-state index contributed by atoms with van der Waals surface area (Å²) in [6.07, 6.45) is 0. The first-order chi connectivity index (χ1) is 14.7. The van der Waals surface area contributed by atoms with Crippen LogP contribution >= 0.6 is 11.6 Å². The number of hydrogen-bond donors (Lipinski definition) is 2. The molecule has 0 bridgehead atoms. The highest BCUT2D eigenvalue weighted by atomic mass is 35.5. The fourth-order valence-electron chi connectivity index (χ4n) is 2.68. The van der Waals surface area contributed by atoms with Crippen molar-refractivity contribution in [1.29, 1.82) is 0 Å². The molecule has 0 aromatic heterocycles. The first-order valence-electron chi connectivity index (χ1n) is 9.26. The Kier molecular flexibility index (Phi) is 7.14. The van der Waals surface area contributed by atoms with Crippen molar-refractivity contribution >= 4 is 33.2 Å². The highest BCUT2D eigenvalue weighted by Gasteiger charge is 2.16. The summed E-state index contributed by atoms with van der Waals surface area (Å²) in [6, 6.07) is 16.4. The molecule has 0 aliphatic carbocycles. The first kappa shape index (κ1) is 22.6. The Labute approximate surface area is 185 Å². The first-order valence-corrected chi connectivity index (χ1v) is 11.1. The van der Waals surface area contributed by atoms with Gasteiger partial charge < -0.3 is 10.1 Å². The van der Waals surface area contributed by atoms with Crippen LogP contribution < -0.4 is 14.8 Å². The van der Waals surface area contributed by atoms with Crippen LogP contribution in [0.3, 0.4) is 0 Å². The third-order valence-corrected chi connectivity index (χ3v) is 5.95. The number of carbonyl (C=O) groups is 1. The van der Waals surface area contributed by atoms with E-state index in [1.165, 1.54) is 30.3 Å². The lowest BCUT2D eigenvalue weighted by molar-refractivity contribution is -0.123. The number of benzene rings is 3. The van der Waals surface area contributed by atoms with Crippen molar-refractivity contribution in [2.75, 3.05) is 11.3 Å². The highest BCUT2D eigenvalue weighted by Crippen LogP contribution is 2.23. The smallest absolute Gasteiger partial charge is 0.261 e. The number of ether oxygens (including phenoxy) is 1. The predicted molar refractivity (Wildman–Crippen MR) is 117 cm³/mol. The molecular weight excluding hydrogens is 443 g/mol. The zero-order valence-electron chi connectivity index (χ0n) is 16.6. The van der Waals surface area contributed by atoms with E-state index in [2.05, 4.69) is 10.0 Å². The summed E-state index contributed by atoms with van der Waals surface area (Å²) in [7, 11) is -3.86. The number of halogens is 2. The van der Waals surface area contributed by atoms with Crippen LogP contribution in [-0.4, -0.2) is 20.9 Å². The summed E-state index contributed by atoms with van der Waals surface area (Å²) in [5.41, 5.74) is 1.70. The van der Waals surface area contributed by atoms with Crippen molar-refractivity contribution in [1.82, 2.24) is 5.32 Å². The maximum atomic E-state index is 13.0. The van der Waals surface area contributed by atoms with E-state index in [1.54, 1.807) is 19.1 Å². The molecule has 0 aliphatic heterocycles. The molecule has 3 rings (SSSR count).